The maximum atomic E-state index is 5.61. The molecular formula is C13H24O3Ti. The Hall–Kier alpha value is 0.0743. The number of rotatable bonds is 5. The van der Waals surface area contributed by atoms with Crippen molar-refractivity contribution in [3.05, 3.63) is 21.6 Å². The van der Waals surface area contributed by atoms with Crippen LogP contribution in [0, 0.1) is 5.41 Å². The molecule has 0 N–H and O–H groups in total. The summed E-state index contributed by atoms with van der Waals surface area (Å²) in [5.41, 5.74) is 1.60. The first kappa shape index (κ1) is 15.1. The van der Waals surface area contributed by atoms with Gasteiger partial charge in [0, 0.05) is 0 Å². The Kier molecular flexibility index (Phi) is 5.17. The van der Waals surface area contributed by atoms with Crippen LogP contribution in [-0.4, -0.2) is 21.3 Å². The first-order chi connectivity index (χ1) is 7.88. The molecule has 3 nitrogen and oxygen atoms in total. The van der Waals surface area contributed by atoms with Crippen LogP contribution in [0.1, 0.15) is 33.6 Å². The van der Waals surface area contributed by atoms with Crippen LogP contribution < -0.4 is 0 Å². The molecule has 0 radical (unpaired) electrons. The van der Waals surface area contributed by atoms with Crippen molar-refractivity contribution in [1.82, 2.24) is 0 Å². The van der Waals surface area contributed by atoms with Crippen molar-refractivity contribution in [3.63, 3.8) is 0 Å². The van der Waals surface area contributed by atoms with Crippen LogP contribution >= 0.6 is 0 Å². The van der Waals surface area contributed by atoms with Crippen molar-refractivity contribution in [3.8, 4) is 0 Å². The van der Waals surface area contributed by atoms with Gasteiger partial charge in [0.1, 0.15) is 0 Å². The monoisotopic (exact) mass is 276 g/mol. The SMILES string of the molecule is C[O][Ti]([O]C)([O]C)[C]1=C(CC(C)(C)C)C=CC1. The van der Waals surface area contributed by atoms with Gasteiger partial charge in [-0.1, -0.05) is 0 Å². The van der Waals surface area contributed by atoms with Gasteiger partial charge in [0.2, 0.25) is 0 Å². The Morgan fingerprint density at radius 1 is 1.12 bits per heavy atom. The first-order valence-electron chi connectivity index (χ1n) is 5.93. The molecule has 1 aliphatic rings. The normalized spacial score (nSPS) is 17.1. The molecule has 0 aromatic rings. The second-order valence-electron chi connectivity index (χ2n) is 5.52. The first-order valence-corrected chi connectivity index (χ1v) is 8.62. The molecule has 4 heteroatoms. The van der Waals surface area contributed by atoms with E-state index < -0.39 is 17.8 Å². The third kappa shape index (κ3) is 3.52. The van der Waals surface area contributed by atoms with Gasteiger partial charge in [-0.05, 0) is 0 Å². The van der Waals surface area contributed by atoms with E-state index in [-0.39, 0.29) is 5.41 Å². The van der Waals surface area contributed by atoms with Crippen molar-refractivity contribution in [2.24, 2.45) is 5.41 Å². The van der Waals surface area contributed by atoms with E-state index in [9.17, 15) is 0 Å². The average molecular weight is 276 g/mol. The van der Waals surface area contributed by atoms with E-state index in [1.54, 1.807) is 21.3 Å². The summed E-state index contributed by atoms with van der Waals surface area (Å²) in [7, 11) is 5.06. The Bertz CT molecular complexity index is 314. The molecule has 17 heavy (non-hydrogen) atoms. The zero-order valence-electron chi connectivity index (χ0n) is 11.8. The van der Waals surface area contributed by atoms with Crippen molar-refractivity contribution >= 4 is 0 Å². The van der Waals surface area contributed by atoms with Crippen molar-refractivity contribution < 1.29 is 27.7 Å². The van der Waals surface area contributed by atoms with E-state index in [4.69, 9.17) is 9.96 Å². The second kappa shape index (κ2) is 5.81. The summed E-state index contributed by atoms with van der Waals surface area (Å²) in [4.78, 5) is 0. The van der Waals surface area contributed by atoms with Gasteiger partial charge >= 0.3 is 110 Å². The van der Waals surface area contributed by atoms with Crippen molar-refractivity contribution in [2.75, 3.05) is 21.3 Å². The molecule has 0 atom stereocenters. The van der Waals surface area contributed by atoms with Crippen molar-refractivity contribution in [2.45, 2.75) is 33.6 Å². The third-order valence-corrected chi connectivity index (χ3v) is 7.42. The van der Waals surface area contributed by atoms with E-state index in [0.717, 1.165) is 12.8 Å². The summed E-state index contributed by atoms with van der Waals surface area (Å²) >= 11 is -3.19. The molecule has 0 unspecified atom stereocenters. The van der Waals surface area contributed by atoms with E-state index >= 15 is 0 Å². The molecular weight excluding hydrogens is 252 g/mol. The fourth-order valence-corrected chi connectivity index (χ4v) is 5.62. The predicted molar refractivity (Wildman–Crippen MR) is 65.9 cm³/mol. The van der Waals surface area contributed by atoms with Crippen LogP contribution in [-0.2, 0) is 27.7 Å². The number of allylic oxidation sites excluding steroid dienone is 4. The summed E-state index contributed by atoms with van der Waals surface area (Å²) in [6, 6.07) is 0. The fraction of sp³-hybridized carbons (Fsp3) is 0.692. The molecule has 0 saturated heterocycles. The number of hydrogen-bond acceptors (Lipinski definition) is 3. The van der Waals surface area contributed by atoms with Gasteiger partial charge in [-0.2, -0.15) is 0 Å². The second-order valence-corrected chi connectivity index (χ2v) is 10.1. The van der Waals surface area contributed by atoms with E-state index in [1.807, 2.05) is 0 Å². The Morgan fingerprint density at radius 3 is 2.06 bits per heavy atom. The third-order valence-electron chi connectivity index (χ3n) is 2.93. The van der Waals surface area contributed by atoms with Gasteiger partial charge in [-0.25, -0.2) is 0 Å². The molecule has 0 spiro atoms. The summed E-state index contributed by atoms with van der Waals surface area (Å²) in [6.07, 6.45) is 6.30. The molecule has 0 bridgehead atoms. The minimum atomic E-state index is -3.19. The molecule has 0 aromatic heterocycles. The van der Waals surface area contributed by atoms with E-state index in [1.165, 1.54) is 9.45 Å². The molecule has 0 heterocycles. The molecule has 1 aliphatic carbocycles. The Labute approximate surface area is 110 Å². The summed E-state index contributed by atoms with van der Waals surface area (Å²) in [5.74, 6) is 0. The van der Waals surface area contributed by atoms with Gasteiger partial charge in [-0.15, -0.1) is 0 Å². The van der Waals surface area contributed by atoms with Gasteiger partial charge in [0.05, 0.1) is 0 Å². The van der Waals surface area contributed by atoms with E-state index in [2.05, 4.69) is 32.9 Å². The average Bonchev–Trinajstić information content (AvgIpc) is 2.68. The Morgan fingerprint density at radius 2 is 1.65 bits per heavy atom. The fourth-order valence-electron chi connectivity index (χ4n) is 2.23. The van der Waals surface area contributed by atoms with Crippen LogP contribution in [0.4, 0.5) is 0 Å². The standard InChI is InChI=1S/C10H15.3CH3O.Ti/c1-10(2,3)8-9-6-4-5-7-9;3*1-2;/h4,6H,5,8H2,1-3H3;3*1H3;/q;3*-1;+3. The van der Waals surface area contributed by atoms with E-state index in [0.29, 0.717) is 0 Å². The van der Waals surface area contributed by atoms with Crippen molar-refractivity contribution in [1.29, 1.82) is 0 Å². The maximum absolute atomic E-state index is 5.61. The quantitative estimate of drug-likeness (QED) is 0.719. The molecule has 0 fully saturated rings. The van der Waals surface area contributed by atoms with Crippen LogP contribution in [0.15, 0.2) is 21.6 Å². The minimum absolute atomic E-state index is 0.262. The molecule has 98 valence electrons. The summed E-state index contributed by atoms with van der Waals surface area (Å²) in [5, 5.41) is 0. The molecule has 1 rings (SSSR count). The molecule has 0 aliphatic heterocycles. The topological polar surface area (TPSA) is 27.7 Å². The zero-order chi connectivity index (χ0) is 13.1. The molecule has 0 saturated carbocycles. The van der Waals surface area contributed by atoms with Gasteiger partial charge in [0.15, 0.2) is 0 Å². The molecule has 0 amide bonds. The van der Waals surface area contributed by atoms with Crippen LogP contribution in [0.3, 0.4) is 0 Å². The summed E-state index contributed by atoms with van der Waals surface area (Å²) in [6.45, 7) is 6.72. The summed E-state index contributed by atoms with van der Waals surface area (Å²) < 4.78 is 18.1. The van der Waals surface area contributed by atoms with Gasteiger partial charge in [-0.3, -0.25) is 0 Å². The number of hydrogen-bond donors (Lipinski definition) is 0. The van der Waals surface area contributed by atoms with Crippen LogP contribution in [0.25, 0.3) is 0 Å². The van der Waals surface area contributed by atoms with Gasteiger partial charge < -0.3 is 0 Å². The van der Waals surface area contributed by atoms with Crippen LogP contribution in [0.5, 0.6) is 0 Å². The predicted octanol–water partition coefficient (Wildman–Crippen LogP) is 3.47. The van der Waals surface area contributed by atoms with Gasteiger partial charge in [0.25, 0.3) is 0 Å². The van der Waals surface area contributed by atoms with Crippen LogP contribution in [0.2, 0.25) is 0 Å². The molecule has 0 aromatic carbocycles. The zero-order valence-corrected chi connectivity index (χ0v) is 13.4. The Balaban J connectivity index is 3.05.